The van der Waals surface area contributed by atoms with Crippen LogP contribution >= 0.6 is 0 Å². The molecule has 2 rings (SSSR count). The van der Waals surface area contributed by atoms with E-state index >= 15 is 0 Å². The highest BCUT2D eigenvalue weighted by Crippen LogP contribution is 2.29. The smallest absolute Gasteiger partial charge is 0.294 e. The number of carbonyl (C=O) groups is 4. The van der Waals surface area contributed by atoms with Gasteiger partial charge in [-0.15, -0.1) is 40.5 Å². The van der Waals surface area contributed by atoms with Crippen molar-refractivity contribution in [3.05, 3.63) is 74.8 Å². The van der Waals surface area contributed by atoms with E-state index in [1.165, 1.54) is 0 Å². The maximum atomic E-state index is 13.1. The van der Waals surface area contributed by atoms with E-state index in [-0.39, 0.29) is 6.29 Å². The van der Waals surface area contributed by atoms with Crippen LogP contribution in [0.2, 0.25) is 0 Å². The maximum Gasteiger partial charge on any atom is 0.294 e. The average Bonchev–Trinajstić information content (AvgIpc) is 3.10. The number of nitrogens with zero attached hydrogens (tertiary/aromatic N) is 6. The first-order valence-corrected chi connectivity index (χ1v) is 10.2. The lowest BCUT2D eigenvalue weighted by molar-refractivity contribution is -0.767. The van der Waals surface area contributed by atoms with Crippen molar-refractivity contribution in [3.63, 3.8) is 0 Å². The number of fused-ring (bicyclic) bond motifs is 1. The Morgan fingerprint density at radius 3 is 1.67 bits per heavy atom. The topological polar surface area (TPSA) is 284 Å². The Morgan fingerprint density at radius 2 is 1.26 bits per heavy atom. The van der Waals surface area contributed by atoms with Crippen molar-refractivity contribution < 1.29 is 58.9 Å². The number of hydrogen-bond donors (Lipinski definition) is 0. The Morgan fingerprint density at radius 1 is 0.846 bits per heavy atom. The second kappa shape index (κ2) is 12.5. The molecule has 0 radical (unpaired) electrons. The van der Waals surface area contributed by atoms with Gasteiger partial charge in [0, 0.05) is 12.6 Å². The largest absolute Gasteiger partial charge is 0.335 e. The molecule has 3 amide bonds. The van der Waals surface area contributed by atoms with Gasteiger partial charge in [0.15, 0.2) is 6.29 Å². The fourth-order valence-electron chi connectivity index (χ4n) is 3.35. The molecule has 0 aliphatic carbocycles. The van der Waals surface area contributed by atoms with Crippen molar-refractivity contribution >= 4 is 24.0 Å². The zero-order valence-corrected chi connectivity index (χ0v) is 19.4. The number of carbonyl (C=O) groups excluding carboxylic acids is 4. The van der Waals surface area contributed by atoms with Crippen LogP contribution in [0.15, 0.2) is 12.1 Å². The molecule has 22 heteroatoms. The van der Waals surface area contributed by atoms with Crippen LogP contribution < -0.4 is 0 Å². The molecule has 1 heterocycles. The molecule has 1 aromatic carbocycles. The van der Waals surface area contributed by atoms with Crippen LogP contribution in [0.5, 0.6) is 0 Å². The van der Waals surface area contributed by atoms with Gasteiger partial charge in [-0.1, -0.05) is 0 Å². The van der Waals surface area contributed by atoms with Crippen LogP contribution in [0.4, 0.5) is 0 Å². The zero-order chi connectivity index (χ0) is 29.4. The summed E-state index contributed by atoms with van der Waals surface area (Å²) in [7, 11) is 1.03. The van der Waals surface area contributed by atoms with Gasteiger partial charge >= 0.3 is 0 Å². The molecule has 210 valence electrons. The lowest BCUT2D eigenvalue weighted by Crippen LogP contribution is -2.46. The number of benzene rings is 1. The Bertz CT molecular complexity index is 1180. The molecule has 0 N–H and O–H groups in total. The fourth-order valence-corrected chi connectivity index (χ4v) is 3.35. The minimum atomic E-state index is -1.68. The van der Waals surface area contributed by atoms with Crippen LogP contribution in [0.3, 0.4) is 0 Å². The number of likely N-dealkylation sites (N-methyl/N-ethyl adjacent to an activating group) is 1. The van der Waals surface area contributed by atoms with Crippen molar-refractivity contribution in [2.75, 3.05) is 33.5 Å². The van der Waals surface area contributed by atoms with Gasteiger partial charge < -0.3 is 24.3 Å². The highest BCUT2D eigenvalue weighted by Gasteiger charge is 2.42. The summed E-state index contributed by atoms with van der Waals surface area (Å²) in [5, 5.41) is 37.2. The first-order chi connectivity index (χ1) is 18.3. The third-order valence-electron chi connectivity index (χ3n) is 5.17. The van der Waals surface area contributed by atoms with Crippen LogP contribution in [0.25, 0.3) is 0 Å². The van der Waals surface area contributed by atoms with Crippen LogP contribution in [0.1, 0.15) is 41.4 Å². The summed E-state index contributed by atoms with van der Waals surface area (Å²) in [5.74, 6) is -3.43. The number of imide groups is 1. The first-order valence-electron chi connectivity index (χ1n) is 10.2. The van der Waals surface area contributed by atoms with Crippen molar-refractivity contribution in [1.82, 2.24) is 9.80 Å². The van der Waals surface area contributed by atoms with E-state index in [4.69, 9.17) is 0 Å². The van der Waals surface area contributed by atoms with Crippen molar-refractivity contribution in [2.45, 2.75) is 12.1 Å². The summed E-state index contributed by atoms with van der Waals surface area (Å²) in [6.45, 7) is -3.81. The Kier molecular flexibility index (Phi) is 9.47. The third kappa shape index (κ3) is 7.17. The molecule has 0 aromatic heterocycles. The van der Waals surface area contributed by atoms with Gasteiger partial charge in [0.25, 0.3) is 38.1 Å². The SMILES string of the molecule is CN(C(=O)c1cc2c(cc1C=O)C(=O)N(C(CO[N+](=O)[O-])CO[N+](=O)[O-])C2=O)C(CO[N+](=O)[O-])CO[N+](=O)[O-]. The van der Waals surface area contributed by atoms with E-state index in [1.807, 2.05) is 0 Å². The molecular weight excluding hydrogens is 544 g/mol. The Labute approximate surface area is 213 Å². The van der Waals surface area contributed by atoms with E-state index in [1.54, 1.807) is 0 Å². The Balaban J connectivity index is 2.45. The number of hydrogen-bond acceptors (Lipinski definition) is 16. The molecule has 0 unspecified atom stereocenters. The summed E-state index contributed by atoms with van der Waals surface area (Å²) in [4.78, 5) is 111. The minimum absolute atomic E-state index is 0.126. The standard InChI is InChI=1S/C17H16N6O16/c1-18(10(5-36-20(28)29)6-37-21(30)31)15(25)12-3-14-13(2-9(12)4-24)16(26)19(17(14)27)11(7-38-22(32)33)8-39-23(34)35/h2-4,10-11H,5-8H2,1H3. The van der Waals surface area contributed by atoms with Crippen LogP contribution in [-0.4, -0.2) is 99.7 Å². The summed E-state index contributed by atoms with van der Waals surface area (Å²) >= 11 is 0. The van der Waals surface area contributed by atoms with Gasteiger partial charge in [0.05, 0.1) is 28.8 Å². The van der Waals surface area contributed by atoms with Gasteiger partial charge in [-0.05, 0) is 12.1 Å². The lowest BCUT2D eigenvalue weighted by atomic mass is 9.99. The van der Waals surface area contributed by atoms with E-state index in [9.17, 15) is 59.6 Å². The molecule has 0 fully saturated rings. The first kappa shape index (κ1) is 29.5. The van der Waals surface area contributed by atoms with Gasteiger partial charge in [-0.25, -0.2) is 0 Å². The molecule has 1 aliphatic heterocycles. The van der Waals surface area contributed by atoms with Crippen molar-refractivity contribution in [3.8, 4) is 0 Å². The fraction of sp³-hybridized carbons (Fsp3) is 0.412. The molecule has 22 nitrogen and oxygen atoms in total. The molecule has 0 saturated heterocycles. The molecule has 39 heavy (non-hydrogen) atoms. The average molecular weight is 560 g/mol. The molecule has 0 spiro atoms. The second-order valence-corrected chi connectivity index (χ2v) is 7.38. The number of aldehydes is 1. The van der Waals surface area contributed by atoms with Crippen molar-refractivity contribution in [1.29, 1.82) is 0 Å². The summed E-state index contributed by atoms with van der Waals surface area (Å²) < 4.78 is 0. The monoisotopic (exact) mass is 560 g/mol. The number of rotatable bonds is 16. The summed E-state index contributed by atoms with van der Waals surface area (Å²) in [6.07, 6.45) is 0.126. The van der Waals surface area contributed by atoms with Gasteiger partial charge in [-0.3, -0.25) is 24.1 Å². The van der Waals surface area contributed by atoms with Crippen molar-refractivity contribution in [2.24, 2.45) is 0 Å². The quantitative estimate of drug-likeness (QED) is 0.0985. The van der Waals surface area contributed by atoms with E-state index in [2.05, 4.69) is 19.4 Å². The Hall–Kier alpha value is -5.70. The highest BCUT2D eigenvalue weighted by molar-refractivity contribution is 6.23. The van der Waals surface area contributed by atoms with Gasteiger partial charge in [-0.2, -0.15) is 0 Å². The normalized spacial score (nSPS) is 12.1. The predicted molar refractivity (Wildman–Crippen MR) is 114 cm³/mol. The van der Waals surface area contributed by atoms with Crippen LogP contribution in [-0.2, 0) is 19.4 Å². The summed E-state index contributed by atoms with van der Waals surface area (Å²) in [6, 6.07) is -1.49. The molecule has 1 aliphatic rings. The number of amides is 3. The summed E-state index contributed by atoms with van der Waals surface area (Å²) in [5.41, 5.74) is -1.92. The second-order valence-electron chi connectivity index (χ2n) is 7.38. The maximum absolute atomic E-state index is 13.1. The van der Waals surface area contributed by atoms with E-state index in [0.717, 1.165) is 19.2 Å². The van der Waals surface area contributed by atoms with Crippen LogP contribution in [0, 0.1) is 40.5 Å². The molecule has 0 atom stereocenters. The zero-order valence-electron chi connectivity index (χ0n) is 19.4. The van der Waals surface area contributed by atoms with E-state index in [0.29, 0.717) is 9.80 Å². The highest BCUT2D eigenvalue weighted by atomic mass is 17.0. The van der Waals surface area contributed by atoms with E-state index < -0.39 is 98.8 Å². The molecule has 0 bridgehead atoms. The van der Waals surface area contributed by atoms with Gasteiger partial charge in [0.2, 0.25) is 0 Å². The predicted octanol–water partition coefficient (Wildman–Crippen LogP) is -1.26. The minimum Gasteiger partial charge on any atom is -0.335 e. The third-order valence-corrected chi connectivity index (χ3v) is 5.17. The molecule has 0 saturated carbocycles. The molecule has 1 aromatic rings. The van der Waals surface area contributed by atoms with Gasteiger partial charge in [0.1, 0.15) is 26.4 Å². The lowest BCUT2D eigenvalue weighted by Gasteiger charge is -2.27. The molecular formula is C17H16N6O16.